The number of ether oxygens (including phenoxy) is 1. The average molecular weight is 688 g/mol. The van der Waals surface area contributed by atoms with E-state index in [1.54, 1.807) is 24.3 Å². The number of hydrogen-bond donors (Lipinski definition) is 1. The van der Waals surface area contributed by atoms with E-state index in [4.69, 9.17) is 16.3 Å². The fraction of sp³-hybridized carbons (Fsp3) is 0.316. The molecule has 0 saturated heterocycles. The van der Waals surface area contributed by atoms with Crippen LogP contribution in [0.15, 0.2) is 114 Å². The molecule has 5 rings (SSSR count). The lowest BCUT2D eigenvalue weighted by molar-refractivity contribution is -0.140. The van der Waals surface area contributed by atoms with Gasteiger partial charge < -0.3 is 15.0 Å². The molecule has 252 valence electrons. The van der Waals surface area contributed by atoms with Crippen LogP contribution >= 0.6 is 11.6 Å². The first-order valence-corrected chi connectivity index (χ1v) is 18.2. The van der Waals surface area contributed by atoms with Crippen LogP contribution in [0.4, 0.5) is 5.69 Å². The third kappa shape index (κ3) is 9.17. The van der Waals surface area contributed by atoms with Gasteiger partial charge in [-0.05, 0) is 79.4 Å². The van der Waals surface area contributed by atoms with Crippen molar-refractivity contribution >= 4 is 39.1 Å². The van der Waals surface area contributed by atoms with Crippen LogP contribution < -0.4 is 14.4 Å². The van der Waals surface area contributed by atoms with Crippen LogP contribution in [-0.2, 0) is 32.6 Å². The molecule has 0 aliphatic heterocycles. The minimum Gasteiger partial charge on any atom is -0.494 e. The predicted octanol–water partition coefficient (Wildman–Crippen LogP) is 7.02. The molecule has 48 heavy (non-hydrogen) atoms. The van der Waals surface area contributed by atoms with Crippen LogP contribution in [0.25, 0.3) is 0 Å². The van der Waals surface area contributed by atoms with Crippen molar-refractivity contribution in [3.63, 3.8) is 0 Å². The molecule has 4 aromatic carbocycles. The van der Waals surface area contributed by atoms with E-state index < -0.39 is 28.5 Å². The lowest BCUT2D eigenvalue weighted by Gasteiger charge is -2.35. The van der Waals surface area contributed by atoms with Crippen molar-refractivity contribution in [2.24, 2.45) is 0 Å². The van der Waals surface area contributed by atoms with Gasteiger partial charge in [0.15, 0.2) is 0 Å². The number of nitrogens with one attached hydrogen (secondary N) is 1. The predicted molar refractivity (Wildman–Crippen MR) is 190 cm³/mol. The maximum Gasteiger partial charge on any atom is 0.264 e. The molecule has 1 aliphatic carbocycles. The molecule has 1 fully saturated rings. The van der Waals surface area contributed by atoms with Crippen LogP contribution in [-0.4, -0.2) is 50.4 Å². The third-order valence-electron chi connectivity index (χ3n) is 8.53. The van der Waals surface area contributed by atoms with Crippen LogP contribution in [0.2, 0.25) is 5.02 Å². The first kappa shape index (κ1) is 35.0. The molecule has 1 saturated carbocycles. The fourth-order valence-corrected chi connectivity index (χ4v) is 7.56. The molecule has 8 nitrogen and oxygen atoms in total. The molecular formula is C38H42ClN3O5S. The molecule has 0 aromatic heterocycles. The second kappa shape index (κ2) is 16.7. The molecule has 4 aromatic rings. The van der Waals surface area contributed by atoms with Crippen molar-refractivity contribution in [3.05, 3.63) is 125 Å². The van der Waals surface area contributed by atoms with Crippen LogP contribution in [0.1, 0.15) is 50.2 Å². The SMILES string of the molecule is CCOc1ccc(N(CC(=O)N(Cc2ccccc2)C(Cc2ccccc2)C(=O)NC2CCCCC2)S(=O)(=O)c2ccc(Cl)cc2)cc1. The second-order valence-electron chi connectivity index (χ2n) is 11.9. The Balaban J connectivity index is 1.55. The van der Waals surface area contributed by atoms with Crippen molar-refractivity contribution in [2.45, 2.75) is 69.0 Å². The van der Waals surface area contributed by atoms with Crippen molar-refractivity contribution in [1.82, 2.24) is 10.2 Å². The third-order valence-corrected chi connectivity index (χ3v) is 10.6. The summed E-state index contributed by atoms with van der Waals surface area (Å²) < 4.78 is 35.1. The van der Waals surface area contributed by atoms with Gasteiger partial charge >= 0.3 is 0 Å². The number of halogens is 1. The smallest absolute Gasteiger partial charge is 0.264 e. The number of anilines is 1. The van der Waals surface area contributed by atoms with Crippen molar-refractivity contribution in [2.75, 3.05) is 17.5 Å². The number of amides is 2. The number of benzene rings is 4. The van der Waals surface area contributed by atoms with Crippen molar-refractivity contribution in [3.8, 4) is 5.75 Å². The minimum absolute atomic E-state index is 0.0147. The number of carbonyl (C=O) groups is 2. The molecule has 0 radical (unpaired) electrons. The standard InChI is InChI=1S/C38H42ClN3O5S/c1-2-47-34-22-20-33(21-23-34)42(48(45,46)35-24-18-31(39)19-25-35)28-37(43)41(27-30-14-8-4-9-15-30)36(26-29-12-6-3-7-13-29)38(44)40-32-16-10-5-11-17-32/h3-4,6-9,12-15,18-25,32,36H,2,5,10-11,16-17,26-28H2,1H3,(H,40,44). The Kier molecular flexibility index (Phi) is 12.1. The Morgan fingerprint density at radius 1 is 0.833 bits per heavy atom. The van der Waals surface area contributed by atoms with Crippen LogP contribution in [0, 0.1) is 0 Å². The molecule has 0 heterocycles. The van der Waals surface area contributed by atoms with E-state index in [1.165, 1.54) is 29.2 Å². The summed E-state index contributed by atoms with van der Waals surface area (Å²) in [5.74, 6) is -0.183. The van der Waals surface area contributed by atoms with E-state index in [2.05, 4.69) is 5.32 Å². The van der Waals surface area contributed by atoms with Crippen molar-refractivity contribution in [1.29, 1.82) is 0 Å². The Labute approximate surface area is 288 Å². The first-order valence-electron chi connectivity index (χ1n) is 16.4. The summed E-state index contributed by atoms with van der Waals surface area (Å²) in [4.78, 5) is 30.4. The van der Waals surface area contributed by atoms with E-state index in [1.807, 2.05) is 67.6 Å². The number of sulfonamides is 1. The summed E-state index contributed by atoms with van der Waals surface area (Å²) in [7, 11) is -4.24. The van der Waals surface area contributed by atoms with Crippen molar-refractivity contribution < 1.29 is 22.7 Å². The Morgan fingerprint density at radius 2 is 1.44 bits per heavy atom. The molecule has 1 unspecified atom stereocenters. The van der Waals surface area contributed by atoms with Crippen LogP contribution in [0.5, 0.6) is 5.75 Å². The van der Waals surface area contributed by atoms with Gasteiger partial charge in [0.2, 0.25) is 11.8 Å². The molecule has 1 N–H and O–H groups in total. The van der Waals surface area contributed by atoms with Crippen LogP contribution in [0.3, 0.4) is 0 Å². The molecular weight excluding hydrogens is 646 g/mol. The zero-order valence-electron chi connectivity index (χ0n) is 27.1. The number of hydrogen-bond acceptors (Lipinski definition) is 5. The summed E-state index contributed by atoms with van der Waals surface area (Å²) >= 11 is 6.09. The molecule has 0 spiro atoms. The Hall–Kier alpha value is -4.34. The van der Waals surface area contributed by atoms with Gasteiger partial charge in [-0.1, -0.05) is 91.5 Å². The maximum atomic E-state index is 14.7. The quantitative estimate of drug-likeness (QED) is 0.154. The highest BCUT2D eigenvalue weighted by Gasteiger charge is 2.35. The number of carbonyl (C=O) groups excluding carboxylic acids is 2. The van der Waals surface area contributed by atoms with E-state index in [0.717, 1.165) is 47.5 Å². The van der Waals surface area contributed by atoms with Gasteiger partial charge in [-0.25, -0.2) is 8.42 Å². The molecule has 10 heteroatoms. The highest BCUT2D eigenvalue weighted by Crippen LogP contribution is 2.28. The molecule has 1 atom stereocenters. The summed E-state index contributed by atoms with van der Waals surface area (Å²) in [6, 6.07) is 30.6. The zero-order valence-corrected chi connectivity index (χ0v) is 28.7. The molecule has 0 bridgehead atoms. The highest BCUT2D eigenvalue weighted by molar-refractivity contribution is 7.92. The van der Waals surface area contributed by atoms with Gasteiger partial charge in [-0.3, -0.25) is 13.9 Å². The lowest BCUT2D eigenvalue weighted by Crippen LogP contribution is -2.55. The van der Waals surface area contributed by atoms with E-state index in [-0.39, 0.29) is 35.5 Å². The summed E-state index contributed by atoms with van der Waals surface area (Å²) in [6.07, 6.45) is 5.27. The maximum absolute atomic E-state index is 14.7. The topological polar surface area (TPSA) is 96.0 Å². The second-order valence-corrected chi connectivity index (χ2v) is 14.2. The monoisotopic (exact) mass is 687 g/mol. The van der Waals surface area contributed by atoms with Gasteiger partial charge in [-0.2, -0.15) is 0 Å². The Morgan fingerprint density at radius 3 is 2.04 bits per heavy atom. The first-order chi connectivity index (χ1) is 23.2. The van der Waals surface area contributed by atoms with Gasteiger partial charge in [0.1, 0.15) is 18.3 Å². The number of rotatable bonds is 14. The average Bonchev–Trinajstić information content (AvgIpc) is 3.10. The molecule has 1 aliphatic rings. The summed E-state index contributed by atoms with van der Waals surface area (Å²) in [5.41, 5.74) is 2.00. The number of nitrogens with zero attached hydrogens (tertiary/aromatic N) is 2. The highest BCUT2D eigenvalue weighted by atomic mass is 35.5. The van der Waals surface area contributed by atoms with E-state index >= 15 is 0 Å². The Bertz CT molecular complexity index is 1730. The van der Waals surface area contributed by atoms with E-state index in [9.17, 15) is 18.0 Å². The summed E-state index contributed by atoms with van der Waals surface area (Å²) in [5, 5.41) is 3.62. The minimum atomic E-state index is -4.24. The normalized spacial score (nSPS) is 14.1. The van der Waals surface area contributed by atoms with Gasteiger partial charge in [0.25, 0.3) is 10.0 Å². The van der Waals surface area contributed by atoms with Gasteiger partial charge in [0.05, 0.1) is 17.2 Å². The fourth-order valence-electron chi connectivity index (χ4n) is 6.02. The van der Waals surface area contributed by atoms with E-state index in [0.29, 0.717) is 17.4 Å². The van der Waals surface area contributed by atoms with Gasteiger partial charge in [-0.15, -0.1) is 0 Å². The molecule has 2 amide bonds. The largest absolute Gasteiger partial charge is 0.494 e. The summed E-state index contributed by atoms with van der Waals surface area (Å²) in [6.45, 7) is 1.90. The zero-order chi connectivity index (χ0) is 33.9. The van der Waals surface area contributed by atoms with Gasteiger partial charge in [0, 0.05) is 24.0 Å². The lowest BCUT2D eigenvalue weighted by atomic mass is 9.94.